The topological polar surface area (TPSA) is 38.7 Å². The number of allylic oxidation sites excluding steroid dienone is 4. The minimum atomic E-state index is 0.343. The average molecular weight is 209 g/mol. The molecule has 0 aromatic heterocycles. The van der Waals surface area contributed by atoms with Crippen molar-refractivity contribution in [2.75, 3.05) is 6.61 Å². The monoisotopic (exact) mass is 209 g/mol. The zero-order valence-corrected chi connectivity index (χ0v) is 9.69. The van der Waals surface area contributed by atoms with Crippen LogP contribution in [0.5, 0.6) is 0 Å². The van der Waals surface area contributed by atoms with Crippen LogP contribution in [-0.2, 0) is 4.74 Å². The van der Waals surface area contributed by atoms with Crippen LogP contribution < -0.4 is 0 Å². The summed E-state index contributed by atoms with van der Waals surface area (Å²) in [6, 6.07) is 0. The summed E-state index contributed by atoms with van der Waals surface area (Å²) in [5, 5.41) is 2.95. The second-order valence-electron chi connectivity index (χ2n) is 3.00. The molecule has 0 aliphatic heterocycles. The van der Waals surface area contributed by atoms with Crippen LogP contribution in [-0.4, -0.2) is 6.61 Å². The highest BCUT2D eigenvalue weighted by Gasteiger charge is 2.02. The van der Waals surface area contributed by atoms with Crippen molar-refractivity contribution in [3.05, 3.63) is 40.7 Å². The first-order chi connectivity index (χ1) is 7.29. The first-order valence-corrected chi connectivity index (χ1v) is 5.29. The van der Waals surface area contributed by atoms with Gasteiger partial charge in [0.15, 0.2) is 0 Å². The first kappa shape index (κ1) is 13.6. The Morgan fingerprint density at radius 3 is 2.53 bits per heavy atom. The molecule has 0 aromatic carbocycles. The summed E-state index contributed by atoms with van der Waals surface area (Å²) in [5.41, 5.74) is 0.343. The zero-order valence-electron chi connectivity index (χ0n) is 9.69. The molecule has 0 N–H and O–H groups in total. The molecule has 0 aliphatic rings. The molecule has 84 valence electrons. The van der Waals surface area contributed by atoms with E-state index < -0.39 is 0 Å². The fourth-order valence-electron chi connectivity index (χ4n) is 0.960. The number of ether oxygens (including phenoxy) is 1. The molecule has 0 saturated carbocycles. The first-order valence-electron chi connectivity index (χ1n) is 5.29. The second-order valence-corrected chi connectivity index (χ2v) is 3.00. The maximum atomic E-state index is 10.6. The SMILES string of the molecule is CC=C/C(N=O)=C(\C=C\CC)OCCC. The van der Waals surface area contributed by atoms with E-state index in [4.69, 9.17) is 4.74 Å². The van der Waals surface area contributed by atoms with E-state index in [9.17, 15) is 4.91 Å². The highest BCUT2D eigenvalue weighted by Crippen LogP contribution is 2.12. The van der Waals surface area contributed by atoms with Crippen molar-refractivity contribution in [3.8, 4) is 0 Å². The van der Waals surface area contributed by atoms with Crippen LogP contribution in [0.3, 0.4) is 0 Å². The fourth-order valence-corrected chi connectivity index (χ4v) is 0.960. The van der Waals surface area contributed by atoms with Crippen LogP contribution in [0.15, 0.2) is 40.9 Å². The van der Waals surface area contributed by atoms with Crippen LogP contribution in [0.2, 0.25) is 0 Å². The average Bonchev–Trinajstić information content (AvgIpc) is 2.27. The minimum Gasteiger partial charge on any atom is -0.491 e. The molecule has 0 bridgehead atoms. The Labute approximate surface area is 91.5 Å². The Bertz CT molecular complexity index is 265. The predicted molar refractivity (Wildman–Crippen MR) is 63.3 cm³/mol. The summed E-state index contributed by atoms with van der Waals surface area (Å²) in [5.74, 6) is 0.548. The molecule has 15 heavy (non-hydrogen) atoms. The third-order valence-electron chi connectivity index (χ3n) is 1.64. The van der Waals surface area contributed by atoms with Crippen molar-refractivity contribution in [1.82, 2.24) is 0 Å². The molecule has 0 spiro atoms. The van der Waals surface area contributed by atoms with Crippen molar-refractivity contribution in [1.29, 1.82) is 0 Å². The number of rotatable bonds is 7. The van der Waals surface area contributed by atoms with Gasteiger partial charge in [-0.1, -0.05) is 26.0 Å². The lowest BCUT2D eigenvalue weighted by molar-refractivity contribution is 0.222. The van der Waals surface area contributed by atoms with Gasteiger partial charge in [0.2, 0.25) is 0 Å². The smallest absolute Gasteiger partial charge is 0.149 e. The van der Waals surface area contributed by atoms with Crippen LogP contribution in [0, 0.1) is 4.91 Å². The van der Waals surface area contributed by atoms with E-state index in [1.165, 1.54) is 0 Å². The quantitative estimate of drug-likeness (QED) is 0.362. The zero-order chi connectivity index (χ0) is 11.5. The molecule has 0 unspecified atom stereocenters. The fraction of sp³-hybridized carbons (Fsp3) is 0.500. The van der Waals surface area contributed by atoms with Crippen molar-refractivity contribution >= 4 is 0 Å². The summed E-state index contributed by atoms with van der Waals surface area (Å²) in [4.78, 5) is 10.6. The molecule has 0 amide bonds. The Morgan fingerprint density at radius 2 is 2.07 bits per heavy atom. The number of nitrogens with zero attached hydrogens (tertiary/aromatic N) is 1. The lowest BCUT2D eigenvalue weighted by Gasteiger charge is -2.05. The van der Waals surface area contributed by atoms with Gasteiger partial charge in [-0.2, -0.15) is 0 Å². The van der Waals surface area contributed by atoms with Gasteiger partial charge in [0.05, 0.1) is 6.61 Å². The van der Waals surface area contributed by atoms with Gasteiger partial charge in [-0.3, -0.25) is 0 Å². The molecule has 0 atom stereocenters. The normalized spacial score (nSPS) is 13.3. The van der Waals surface area contributed by atoms with Gasteiger partial charge in [0, 0.05) is 0 Å². The van der Waals surface area contributed by atoms with Crippen molar-refractivity contribution < 1.29 is 4.74 Å². The molecule has 0 aromatic rings. The van der Waals surface area contributed by atoms with E-state index in [0.29, 0.717) is 18.1 Å². The van der Waals surface area contributed by atoms with E-state index in [2.05, 4.69) is 5.18 Å². The third-order valence-corrected chi connectivity index (χ3v) is 1.64. The summed E-state index contributed by atoms with van der Waals surface area (Å²) >= 11 is 0. The number of hydrogen-bond donors (Lipinski definition) is 0. The third kappa shape index (κ3) is 5.83. The number of hydrogen-bond acceptors (Lipinski definition) is 3. The van der Waals surface area contributed by atoms with Crippen LogP contribution in [0.25, 0.3) is 0 Å². The summed E-state index contributed by atoms with van der Waals surface area (Å²) < 4.78 is 5.45. The Hall–Kier alpha value is -1.38. The van der Waals surface area contributed by atoms with E-state index in [0.717, 1.165) is 12.8 Å². The molecular weight excluding hydrogens is 190 g/mol. The van der Waals surface area contributed by atoms with Gasteiger partial charge in [-0.15, -0.1) is 4.91 Å². The molecule has 0 fully saturated rings. The van der Waals surface area contributed by atoms with E-state index in [1.54, 1.807) is 18.2 Å². The van der Waals surface area contributed by atoms with Crippen molar-refractivity contribution in [2.45, 2.75) is 33.6 Å². The molecule has 0 saturated heterocycles. The van der Waals surface area contributed by atoms with E-state index >= 15 is 0 Å². The summed E-state index contributed by atoms with van der Waals surface area (Å²) in [6.07, 6.45) is 8.97. The Balaban J connectivity index is 4.82. The van der Waals surface area contributed by atoms with Gasteiger partial charge >= 0.3 is 0 Å². The predicted octanol–water partition coefficient (Wildman–Crippen LogP) is 3.93. The molecule has 0 rings (SSSR count). The van der Waals surface area contributed by atoms with Gasteiger partial charge in [-0.05, 0) is 37.1 Å². The van der Waals surface area contributed by atoms with E-state index in [1.807, 2.05) is 26.8 Å². The highest BCUT2D eigenvalue weighted by molar-refractivity contribution is 5.28. The molecule has 3 heteroatoms. The summed E-state index contributed by atoms with van der Waals surface area (Å²) in [7, 11) is 0. The minimum absolute atomic E-state index is 0.343. The number of nitroso groups, excluding NO2 is 1. The molecule has 0 radical (unpaired) electrons. The lowest BCUT2D eigenvalue weighted by Crippen LogP contribution is -1.94. The molecule has 3 nitrogen and oxygen atoms in total. The Kier molecular flexibility index (Phi) is 8.34. The van der Waals surface area contributed by atoms with Crippen molar-refractivity contribution in [2.24, 2.45) is 5.18 Å². The van der Waals surface area contributed by atoms with Gasteiger partial charge < -0.3 is 4.74 Å². The lowest BCUT2D eigenvalue weighted by atomic mass is 10.3. The van der Waals surface area contributed by atoms with Gasteiger partial charge in [0.1, 0.15) is 11.5 Å². The maximum Gasteiger partial charge on any atom is 0.149 e. The van der Waals surface area contributed by atoms with Gasteiger partial charge in [0.25, 0.3) is 0 Å². The highest BCUT2D eigenvalue weighted by atomic mass is 16.5. The molecular formula is C12H19NO2. The van der Waals surface area contributed by atoms with Crippen LogP contribution in [0.1, 0.15) is 33.6 Å². The second kappa shape index (κ2) is 9.19. The van der Waals surface area contributed by atoms with Crippen LogP contribution >= 0.6 is 0 Å². The summed E-state index contributed by atoms with van der Waals surface area (Å²) in [6.45, 7) is 6.48. The van der Waals surface area contributed by atoms with Crippen molar-refractivity contribution in [3.63, 3.8) is 0 Å². The molecule has 0 heterocycles. The largest absolute Gasteiger partial charge is 0.491 e. The van der Waals surface area contributed by atoms with E-state index in [-0.39, 0.29) is 0 Å². The Morgan fingerprint density at radius 1 is 1.33 bits per heavy atom. The van der Waals surface area contributed by atoms with Gasteiger partial charge in [-0.25, -0.2) is 0 Å². The maximum absolute atomic E-state index is 10.6. The van der Waals surface area contributed by atoms with Crippen LogP contribution in [0.4, 0.5) is 0 Å². The molecule has 0 aliphatic carbocycles. The standard InChI is InChI=1S/C12H19NO2/c1-4-7-9-12(15-10-6-3)11(13-14)8-5-2/h5,7-9H,4,6,10H2,1-3H3/b8-5?,9-7+,12-11-.